The zero-order valence-corrected chi connectivity index (χ0v) is 10.6. The van der Waals surface area contributed by atoms with Gasteiger partial charge in [0.1, 0.15) is 12.7 Å². The minimum absolute atomic E-state index is 0.179. The van der Waals surface area contributed by atoms with Gasteiger partial charge in [0.05, 0.1) is 6.54 Å². The summed E-state index contributed by atoms with van der Waals surface area (Å²) in [7, 11) is 0. The van der Waals surface area contributed by atoms with Gasteiger partial charge in [-0.2, -0.15) is 11.8 Å². The van der Waals surface area contributed by atoms with Crippen molar-refractivity contribution < 1.29 is 14.6 Å². The number of aliphatic hydroxyl groups is 1. The third-order valence-electron chi connectivity index (χ3n) is 1.83. The maximum absolute atomic E-state index is 11.1. The van der Waals surface area contributed by atoms with E-state index in [2.05, 4.69) is 5.32 Å². The summed E-state index contributed by atoms with van der Waals surface area (Å²) in [5.74, 6) is 0.779. The molecule has 16 heavy (non-hydrogen) atoms. The SMILES string of the molecule is CSCCOC(=O)NCC(O)c1cccs1. The predicted octanol–water partition coefficient (Wildman–Crippen LogP) is 1.87. The first kappa shape index (κ1) is 13.3. The number of nitrogens with one attached hydrogen (secondary N) is 1. The van der Waals surface area contributed by atoms with Gasteiger partial charge in [-0.05, 0) is 17.7 Å². The maximum Gasteiger partial charge on any atom is 0.407 e. The van der Waals surface area contributed by atoms with Crippen LogP contribution in [0, 0.1) is 0 Å². The summed E-state index contributed by atoms with van der Waals surface area (Å²) < 4.78 is 4.87. The van der Waals surface area contributed by atoms with Crippen LogP contribution >= 0.6 is 23.1 Å². The smallest absolute Gasteiger partial charge is 0.407 e. The summed E-state index contributed by atoms with van der Waals surface area (Å²) in [6.45, 7) is 0.570. The van der Waals surface area contributed by atoms with Crippen LogP contribution in [-0.2, 0) is 4.74 Å². The van der Waals surface area contributed by atoms with Crippen LogP contribution in [0.1, 0.15) is 11.0 Å². The van der Waals surface area contributed by atoms with Gasteiger partial charge in [-0.15, -0.1) is 11.3 Å². The van der Waals surface area contributed by atoms with Crippen LogP contribution < -0.4 is 5.32 Å². The molecule has 0 spiro atoms. The second-order valence-corrected chi connectivity index (χ2v) is 5.01. The summed E-state index contributed by atoms with van der Waals surface area (Å²) >= 11 is 3.07. The number of carbonyl (C=O) groups excluding carboxylic acids is 1. The first-order valence-corrected chi connectivity index (χ1v) is 7.12. The minimum atomic E-state index is -0.659. The summed E-state index contributed by atoms with van der Waals surface area (Å²) in [4.78, 5) is 12.0. The Morgan fingerprint density at radius 2 is 2.56 bits per heavy atom. The van der Waals surface area contributed by atoms with E-state index in [1.807, 2.05) is 23.8 Å². The Bertz CT molecular complexity index is 303. The van der Waals surface area contributed by atoms with E-state index in [9.17, 15) is 9.90 Å². The highest BCUT2D eigenvalue weighted by molar-refractivity contribution is 7.98. The fraction of sp³-hybridized carbons (Fsp3) is 0.500. The molecular weight excluding hydrogens is 246 g/mol. The number of thiophene rings is 1. The van der Waals surface area contributed by atoms with Gasteiger partial charge in [-0.25, -0.2) is 4.79 Å². The molecule has 4 nitrogen and oxygen atoms in total. The molecule has 90 valence electrons. The monoisotopic (exact) mass is 261 g/mol. The van der Waals surface area contributed by atoms with Crippen LogP contribution in [0.3, 0.4) is 0 Å². The van der Waals surface area contributed by atoms with Crippen molar-refractivity contribution in [2.75, 3.05) is 25.2 Å². The lowest BCUT2D eigenvalue weighted by molar-refractivity contribution is 0.137. The Kier molecular flexibility index (Phi) is 6.29. The van der Waals surface area contributed by atoms with Gasteiger partial charge in [0.25, 0.3) is 0 Å². The van der Waals surface area contributed by atoms with Crippen LogP contribution in [0.2, 0.25) is 0 Å². The summed E-state index contributed by atoms with van der Waals surface area (Å²) in [5, 5.41) is 14.1. The van der Waals surface area contributed by atoms with Crippen molar-refractivity contribution in [1.82, 2.24) is 5.32 Å². The first-order valence-electron chi connectivity index (χ1n) is 4.85. The average Bonchev–Trinajstić information content (AvgIpc) is 2.79. The van der Waals surface area contributed by atoms with E-state index >= 15 is 0 Å². The van der Waals surface area contributed by atoms with Crippen molar-refractivity contribution in [3.8, 4) is 0 Å². The number of amides is 1. The number of hydrogen-bond donors (Lipinski definition) is 2. The number of ether oxygens (including phenoxy) is 1. The van der Waals surface area contributed by atoms with Crippen LogP contribution in [0.4, 0.5) is 4.79 Å². The number of rotatable bonds is 6. The van der Waals surface area contributed by atoms with E-state index in [0.717, 1.165) is 10.6 Å². The van der Waals surface area contributed by atoms with Crippen molar-refractivity contribution in [3.05, 3.63) is 22.4 Å². The second-order valence-electron chi connectivity index (χ2n) is 3.04. The van der Waals surface area contributed by atoms with E-state index in [1.54, 1.807) is 11.8 Å². The molecule has 1 atom stereocenters. The Hall–Kier alpha value is -0.720. The molecule has 0 saturated heterocycles. The normalized spacial score (nSPS) is 12.1. The summed E-state index contributed by atoms with van der Waals surface area (Å²) in [5.41, 5.74) is 0. The molecular formula is C10H15NO3S2. The average molecular weight is 261 g/mol. The number of aliphatic hydroxyl groups excluding tert-OH is 1. The molecule has 0 aliphatic carbocycles. The van der Waals surface area contributed by atoms with Crippen LogP contribution in [0.5, 0.6) is 0 Å². The fourth-order valence-corrected chi connectivity index (χ4v) is 1.99. The van der Waals surface area contributed by atoms with Gasteiger partial charge in [0.2, 0.25) is 0 Å². The fourth-order valence-electron chi connectivity index (χ4n) is 1.03. The number of carbonyl (C=O) groups is 1. The van der Waals surface area contributed by atoms with E-state index < -0.39 is 12.2 Å². The van der Waals surface area contributed by atoms with Crippen molar-refractivity contribution >= 4 is 29.2 Å². The Morgan fingerprint density at radius 3 is 3.19 bits per heavy atom. The van der Waals surface area contributed by atoms with E-state index in [1.165, 1.54) is 11.3 Å². The van der Waals surface area contributed by atoms with Gasteiger partial charge in [-0.3, -0.25) is 0 Å². The molecule has 0 aliphatic heterocycles. The lowest BCUT2D eigenvalue weighted by Gasteiger charge is -2.10. The van der Waals surface area contributed by atoms with Gasteiger partial charge >= 0.3 is 6.09 Å². The minimum Gasteiger partial charge on any atom is -0.449 e. The molecule has 0 radical (unpaired) electrons. The summed E-state index contributed by atoms with van der Waals surface area (Å²) in [6, 6.07) is 3.69. The van der Waals surface area contributed by atoms with Gasteiger partial charge in [0, 0.05) is 10.6 Å². The molecule has 6 heteroatoms. The van der Waals surface area contributed by atoms with Crippen LogP contribution in [-0.4, -0.2) is 36.4 Å². The second kappa shape index (κ2) is 7.54. The number of alkyl carbamates (subject to hydrolysis) is 1. The molecule has 0 bridgehead atoms. The van der Waals surface area contributed by atoms with Gasteiger partial charge in [0.15, 0.2) is 0 Å². The van der Waals surface area contributed by atoms with Crippen molar-refractivity contribution in [2.45, 2.75) is 6.10 Å². The van der Waals surface area contributed by atoms with Crippen LogP contribution in [0.25, 0.3) is 0 Å². The molecule has 1 amide bonds. The van der Waals surface area contributed by atoms with Crippen molar-refractivity contribution in [1.29, 1.82) is 0 Å². The van der Waals surface area contributed by atoms with Gasteiger partial charge in [-0.1, -0.05) is 6.07 Å². The molecule has 1 rings (SSSR count). The quantitative estimate of drug-likeness (QED) is 0.768. The molecule has 0 saturated carbocycles. The molecule has 1 unspecified atom stereocenters. The standard InChI is InChI=1S/C10H15NO3S2/c1-15-6-4-14-10(13)11-7-8(12)9-3-2-5-16-9/h2-3,5,8,12H,4,6-7H2,1H3,(H,11,13). The van der Waals surface area contributed by atoms with E-state index in [-0.39, 0.29) is 6.54 Å². The molecule has 1 aromatic rings. The predicted molar refractivity (Wildman–Crippen MR) is 67.0 cm³/mol. The molecule has 2 N–H and O–H groups in total. The van der Waals surface area contributed by atoms with Gasteiger partial charge < -0.3 is 15.2 Å². The Morgan fingerprint density at radius 1 is 1.75 bits per heavy atom. The number of thioether (sulfide) groups is 1. The summed E-state index contributed by atoms with van der Waals surface area (Å²) in [6.07, 6.45) is 0.805. The zero-order valence-electron chi connectivity index (χ0n) is 9.01. The highest BCUT2D eigenvalue weighted by Gasteiger charge is 2.10. The van der Waals surface area contributed by atoms with Crippen LogP contribution in [0.15, 0.2) is 17.5 Å². The topological polar surface area (TPSA) is 58.6 Å². The third-order valence-corrected chi connectivity index (χ3v) is 3.38. The zero-order chi connectivity index (χ0) is 11.8. The van der Waals surface area contributed by atoms with Crippen molar-refractivity contribution in [2.24, 2.45) is 0 Å². The largest absolute Gasteiger partial charge is 0.449 e. The molecule has 0 fully saturated rings. The molecule has 1 aromatic heterocycles. The third kappa shape index (κ3) is 4.87. The Balaban J connectivity index is 2.16. The number of hydrogen-bond acceptors (Lipinski definition) is 5. The van der Waals surface area contributed by atoms with E-state index in [4.69, 9.17) is 4.74 Å². The van der Waals surface area contributed by atoms with E-state index in [0.29, 0.717) is 6.61 Å². The first-order chi connectivity index (χ1) is 7.74. The molecule has 0 aromatic carbocycles. The maximum atomic E-state index is 11.1. The lowest BCUT2D eigenvalue weighted by atomic mass is 10.3. The Labute approximate surface area is 103 Å². The molecule has 1 heterocycles. The highest BCUT2D eigenvalue weighted by Crippen LogP contribution is 2.17. The van der Waals surface area contributed by atoms with Crippen molar-refractivity contribution in [3.63, 3.8) is 0 Å². The molecule has 0 aliphatic rings. The lowest BCUT2D eigenvalue weighted by Crippen LogP contribution is -2.29. The highest BCUT2D eigenvalue weighted by atomic mass is 32.2.